The monoisotopic (exact) mass is 451 g/mol. The fourth-order valence-corrected chi connectivity index (χ4v) is 5.97. The molecule has 0 unspecified atom stereocenters. The van der Waals surface area contributed by atoms with E-state index in [1.54, 1.807) is 0 Å². The fraction of sp³-hybridized carbons (Fsp3) is 0.611. The summed E-state index contributed by atoms with van der Waals surface area (Å²) in [6.07, 6.45) is 6.02. The molecule has 7 heteroatoms. The van der Waals surface area contributed by atoms with Crippen LogP contribution in [0.3, 0.4) is 0 Å². The summed E-state index contributed by atoms with van der Waals surface area (Å²) >= 11 is -2.22. The Labute approximate surface area is 154 Å². The number of hydrogen-bond acceptors (Lipinski definition) is 5. The minimum absolute atomic E-state index is 0.356. The summed E-state index contributed by atoms with van der Waals surface area (Å²) in [5.74, 6) is 0. The van der Waals surface area contributed by atoms with E-state index >= 15 is 0 Å². The molecule has 1 aliphatic rings. The van der Waals surface area contributed by atoms with E-state index in [0.717, 1.165) is 43.0 Å². The Kier molecular flexibility index (Phi) is 5.68. The van der Waals surface area contributed by atoms with Gasteiger partial charge in [-0.15, -0.1) is 0 Å². The molecule has 0 amide bonds. The number of rotatable bonds is 5. The topological polar surface area (TPSA) is 64.9 Å². The van der Waals surface area contributed by atoms with Gasteiger partial charge in [0.05, 0.1) is 0 Å². The Morgan fingerprint density at radius 1 is 1.24 bits per heavy atom. The molecule has 0 spiro atoms. The van der Waals surface area contributed by atoms with Crippen molar-refractivity contribution in [3.05, 3.63) is 18.5 Å². The van der Waals surface area contributed by atoms with E-state index in [2.05, 4.69) is 56.6 Å². The second-order valence-electron chi connectivity index (χ2n) is 8.09. The van der Waals surface area contributed by atoms with Crippen LogP contribution in [-0.4, -0.2) is 57.6 Å². The molecule has 136 valence electrons. The number of anilines is 1. The maximum atomic E-state index is 5.44. The number of pyridine rings is 1. The molecule has 3 rings (SSSR count). The summed E-state index contributed by atoms with van der Waals surface area (Å²) in [4.78, 5) is 11.9. The first-order chi connectivity index (χ1) is 11.8. The van der Waals surface area contributed by atoms with Gasteiger partial charge < -0.3 is 0 Å². The first-order valence-electron chi connectivity index (χ1n) is 9.11. The number of aromatic nitrogens is 4. The summed E-state index contributed by atoms with van der Waals surface area (Å²) in [6, 6.07) is 2.98. The second-order valence-corrected chi connectivity index (χ2v) is 22.4. The van der Waals surface area contributed by atoms with E-state index in [-0.39, 0.29) is 0 Å². The summed E-state index contributed by atoms with van der Waals surface area (Å²) in [5.41, 5.74) is 3.04. The molecule has 0 aromatic carbocycles. The summed E-state index contributed by atoms with van der Waals surface area (Å²) in [6.45, 7) is 5.91. The average Bonchev–Trinajstić information content (AvgIpc) is 3.04. The maximum absolute atomic E-state index is 5.44. The zero-order valence-corrected chi connectivity index (χ0v) is 18.8. The van der Waals surface area contributed by atoms with Crippen LogP contribution in [0.1, 0.15) is 32.7 Å². The van der Waals surface area contributed by atoms with Crippen molar-refractivity contribution in [2.24, 2.45) is 0 Å². The van der Waals surface area contributed by atoms with E-state index in [1.807, 2.05) is 10.9 Å². The molecule has 0 radical (unpaired) electrons. The molecule has 2 aromatic heterocycles. The van der Waals surface area contributed by atoms with Crippen molar-refractivity contribution in [2.45, 2.75) is 53.6 Å². The molecule has 0 aliphatic carbocycles. The molecule has 1 fully saturated rings. The van der Waals surface area contributed by atoms with Gasteiger partial charge in [-0.05, 0) is 0 Å². The molecule has 2 aromatic rings. The molecule has 0 bridgehead atoms. The predicted molar refractivity (Wildman–Crippen MR) is 104 cm³/mol. The third-order valence-corrected chi connectivity index (χ3v) is 9.63. The Hall–Kier alpha value is -1.15. The zero-order chi connectivity index (χ0) is 18.0. The molecule has 1 saturated heterocycles. The van der Waals surface area contributed by atoms with Crippen molar-refractivity contribution < 1.29 is 4.74 Å². The van der Waals surface area contributed by atoms with Gasteiger partial charge in [-0.3, -0.25) is 0 Å². The predicted octanol–water partition coefficient (Wildman–Crippen LogP) is 3.06. The standard InChI is InChI=1S/C15H20N5O.3CH3.Sn/c1-11(2)17-14-3-6-16-9-13(14)15-10-20(19-18-15)12-4-7-21-8-5-12;;;;/h3,9-12H,4-5,7-8H2,1-2H3,(H,16,17);3*1H3;. The molecular formula is C18H29N5OSn. The number of nitrogens with zero attached hydrogens (tertiary/aromatic N) is 4. The van der Waals surface area contributed by atoms with Crippen LogP contribution in [0.25, 0.3) is 11.3 Å². The van der Waals surface area contributed by atoms with Crippen LogP contribution >= 0.6 is 0 Å². The molecule has 25 heavy (non-hydrogen) atoms. The SMILES string of the molecule is CC(C)Nc1c[c]([Sn]([CH3])([CH3])[CH3])ncc1-c1cn(C2CCOCC2)nn1. The van der Waals surface area contributed by atoms with E-state index < -0.39 is 18.4 Å². The Balaban J connectivity index is 1.94. The van der Waals surface area contributed by atoms with Gasteiger partial charge in [0.25, 0.3) is 0 Å². The zero-order valence-electron chi connectivity index (χ0n) is 15.9. The number of nitrogens with one attached hydrogen (secondary N) is 1. The molecule has 6 nitrogen and oxygen atoms in total. The first kappa shape index (κ1) is 18.6. The summed E-state index contributed by atoms with van der Waals surface area (Å²) in [5, 5.41) is 12.4. The third kappa shape index (κ3) is 4.53. The normalized spacial score (nSPS) is 16.4. The third-order valence-electron chi connectivity index (χ3n) is 4.47. The summed E-state index contributed by atoms with van der Waals surface area (Å²) in [7, 11) is 0. The van der Waals surface area contributed by atoms with E-state index in [0.29, 0.717) is 12.1 Å². The van der Waals surface area contributed by atoms with Crippen LogP contribution in [0.15, 0.2) is 18.5 Å². The van der Waals surface area contributed by atoms with Gasteiger partial charge in [-0.25, -0.2) is 0 Å². The Morgan fingerprint density at radius 3 is 2.60 bits per heavy atom. The number of ether oxygens (including phenoxy) is 1. The Bertz CT molecular complexity index is 716. The molecular weight excluding hydrogens is 421 g/mol. The van der Waals surface area contributed by atoms with E-state index in [4.69, 9.17) is 9.72 Å². The van der Waals surface area contributed by atoms with Crippen molar-refractivity contribution in [1.82, 2.24) is 20.0 Å². The fourth-order valence-electron chi connectivity index (χ4n) is 3.03. The van der Waals surface area contributed by atoms with Gasteiger partial charge >= 0.3 is 154 Å². The molecule has 0 atom stereocenters. The van der Waals surface area contributed by atoms with E-state index in [9.17, 15) is 0 Å². The molecule has 1 N–H and O–H groups in total. The van der Waals surface area contributed by atoms with Gasteiger partial charge in [0.1, 0.15) is 0 Å². The quantitative estimate of drug-likeness (QED) is 0.710. The van der Waals surface area contributed by atoms with Gasteiger partial charge in [-0.1, -0.05) is 0 Å². The van der Waals surface area contributed by atoms with Crippen molar-refractivity contribution >= 4 is 27.8 Å². The van der Waals surface area contributed by atoms with Crippen molar-refractivity contribution in [3.8, 4) is 11.3 Å². The van der Waals surface area contributed by atoms with Crippen LogP contribution < -0.4 is 9.03 Å². The first-order valence-corrected chi connectivity index (χ1v) is 19.1. The van der Waals surface area contributed by atoms with Crippen LogP contribution in [0.4, 0.5) is 5.69 Å². The van der Waals surface area contributed by atoms with Crippen LogP contribution in [0.2, 0.25) is 14.8 Å². The minimum atomic E-state index is -2.22. The van der Waals surface area contributed by atoms with E-state index in [1.165, 1.54) is 3.71 Å². The van der Waals surface area contributed by atoms with Crippen LogP contribution in [-0.2, 0) is 4.74 Å². The summed E-state index contributed by atoms with van der Waals surface area (Å²) < 4.78 is 8.71. The van der Waals surface area contributed by atoms with Crippen molar-refractivity contribution in [2.75, 3.05) is 18.5 Å². The van der Waals surface area contributed by atoms with Crippen molar-refractivity contribution in [1.29, 1.82) is 0 Å². The molecule has 1 aliphatic heterocycles. The van der Waals surface area contributed by atoms with Gasteiger partial charge in [-0.2, -0.15) is 0 Å². The number of hydrogen-bond donors (Lipinski definition) is 1. The van der Waals surface area contributed by atoms with Crippen LogP contribution in [0, 0.1) is 0 Å². The second kappa shape index (κ2) is 7.61. The van der Waals surface area contributed by atoms with Crippen LogP contribution in [0.5, 0.6) is 0 Å². The van der Waals surface area contributed by atoms with Crippen molar-refractivity contribution in [3.63, 3.8) is 0 Å². The Morgan fingerprint density at radius 2 is 1.96 bits per heavy atom. The van der Waals surface area contributed by atoms with Gasteiger partial charge in [0, 0.05) is 0 Å². The molecule has 0 saturated carbocycles. The van der Waals surface area contributed by atoms with Gasteiger partial charge in [0.15, 0.2) is 0 Å². The van der Waals surface area contributed by atoms with Gasteiger partial charge in [0.2, 0.25) is 0 Å². The average molecular weight is 450 g/mol. The molecule has 3 heterocycles.